The number of alkyl halides is 1. The molecule has 35 heavy (non-hydrogen) atoms. The van der Waals surface area contributed by atoms with E-state index in [0.29, 0.717) is 52.9 Å². The molecule has 204 valence electrons. The van der Waals surface area contributed by atoms with E-state index in [0.717, 1.165) is 37.5 Å². The molecule has 0 amide bonds. The third-order valence-electron chi connectivity index (χ3n) is 5.78. The van der Waals surface area contributed by atoms with Gasteiger partial charge in [-0.05, 0) is 43.4 Å². The Morgan fingerprint density at radius 2 is 1.00 bits per heavy atom. The van der Waals surface area contributed by atoms with Gasteiger partial charge in [0.1, 0.15) is 12.4 Å². The third-order valence-corrected chi connectivity index (χ3v) is 6.04. The standard InChI is InChI=1S/C29H51ClO5/c1-2-3-4-5-6-7-10-13-28-14-16-29(17-15-28)35-27-26-34-25-24-33-23-22-32-21-20-31-19-12-9-8-11-18-30/h14-17H,2-13,18-27H2,1H3. The summed E-state index contributed by atoms with van der Waals surface area (Å²) in [5.74, 6) is 1.66. The van der Waals surface area contributed by atoms with Gasteiger partial charge in [-0.3, -0.25) is 0 Å². The van der Waals surface area contributed by atoms with Crippen molar-refractivity contribution < 1.29 is 23.7 Å². The van der Waals surface area contributed by atoms with Crippen LogP contribution in [-0.2, 0) is 25.4 Å². The summed E-state index contributed by atoms with van der Waals surface area (Å²) in [5.41, 5.74) is 1.39. The van der Waals surface area contributed by atoms with Gasteiger partial charge in [0.15, 0.2) is 0 Å². The normalized spacial score (nSPS) is 11.3. The zero-order chi connectivity index (χ0) is 25.1. The van der Waals surface area contributed by atoms with Gasteiger partial charge in [0.2, 0.25) is 0 Å². The fraction of sp³-hybridized carbons (Fsp3) is 0.793. The van der Waals surface area contributed by atoms with Crippen molar-refractivity contribution in [2.45, 2.75) is 84.0 Å². The maximum absolute atomic E-state index is 5.76. The molecular weight excluding hydrogens is 464 g/mol. The van der Waals surface area contributed by atoms with E-state index in [1.165, 1.54) is 63.4 Å². The first kappa shape index (κ1) is 32.2. The second kappa shape index (κ2) is 26.2. The molecule has 0 saturated heterocycles. The lowest BCUT2D eigenvalue weighted by atomic mass is 10.0. The predicted molar refractivity (Wildman–Crippen MR) is 146 cm³/mol. The number of benzene rings is 1. The molecule has 1 aromatic carbocycles. The van der Waals surface area contributed by atoms with Crippen LogP contribution in [0.25, 0.3) is 0 Å². The van der Waals surface area contributed by atoms with Gasteiger partial charge < -0.3 is 23.7 Å². The van der Waals surface area contributed by atoms with Crippen LogP contribution >= 0.6 is 11.6 Å². The van der Waals surface area contributed by atoms with E-state index in [-0.39, 0.29) is 0 Å². The highest BCUT2D eigenvalue weighted by molar-refractivity contribution is 6.17. The monoisotopic (exact) mass is 514 g/mol. The third kappa shape index (κ3) is 22.1. The SMILES string of the molecule is CCCCCCCCCc1ccc(OCCOCCOCCOCCOCCCCCCCl)cc1. The second-order valence-electron chi connectivity index (χ2n) is 8.92. The predicted octanol–water partition coefficient (Wildman–Crippen LogP) is 7.22. The van der Waals surface area contributed by atoms with Crippen LogP contribution in [0.15, 0.2) is 24.3 Å². The van der Waals surface area contributed by atoms with Gasteiger partial charge in [-0.15, -0.1) is 11.6 Å². The molecule has 1 rings (SSSR count). The lowest BCUT2D eigenvalue weighted by Crippen LogP contribution is -2.13. The molecule has 1 aromatic rings. The maximum atomic E-state index is 5.76. The molecule has 0 heterocycles. The molecule has 0 aromatic heterocycles. The van der Waals surface area contributed by atoms with Gasteiger partial charge in [0.25, 0.3) is 0 Å². The number of halogens is 1. The van der Waals surface area contributed by atoms with E-state index in [9.17, 15) is 0 Å². The molecule has 0 aliphatic carbocycles. The number of hydrogen-bond donors (Lipinski definition) is 0. The quantitative estimate of drug-likeness (QED) is 0.0915. The Kier molecular flexibility index (Phi) is 24.1. The van der Waals surface area contributed by atoms with Crippen molar-refractivity contribution in [3.8, 4) is 5.75 Å². The summed E-state index contributed by atoms with van der Waals surface area (Å²) in [6.07, 6.45) is 15.2. The van der Waals surface area contributed by atoms with E-state index >= 15 is 0 Å². The first-order valence-electron chi connectivity index (χ1n) is 14.0. The van der Waals surface area contributed by atoms with Crippen LogP contribution in [0.4, 0.5) is 0 Å². The Morgan fingerprint density at radius 3 is 1.60 bits per heavy atom. The van der Waals surface area contributed by atoms with Crippen LogP contribution in [0.2, 0.25) is 0 Å². The molecule has 0 aliphatic heterocycles. The van der Waals surface area contributed by atoms with E-state index < -0.39 is 0 Å². The molecule has 0 spiro atoms. The Labute approximate surface area is 220 Å². The van der Waals surface area contributed by atoms with Crippen molar-refractivity contribution in [3.63, 3.8) is 0 Å². The molecule has 0 aliphatic rings. The number of unbranched alkanes of at least 4 members (excludes halogenated alkanes) is 9. The van der Waals surface area contributed by atoms with E-state index in [1.54, 1.807) is 0 Å². The Hall–Kier alpha value is -0.850. The summed E-state index contributed by atoms with van der Waals surface area (Å²) in [5, 5.41) is 0. The molecule has 6 heteroatoms. The number of hydrogen-bond acceptors (Lipinski definition) is 5. The van der Waals surface area contributed by atoms with Gasteiger partial charge in [-0.1, -0.05) is 70.4 Å². The molecule has 0 radical (unpaired) electrons. The van der Waals surface area contributed by atoms with Gasteiger partial charge in [0, 0.05) is 12.5 Å². The molecule has 0 saturated carbocycles. The molecule has 0 N–H and O–H groups in total. The van der Waals surface area contributed by atoms with Crippen LogP contribution in [0.1, 0.15) is 83.1 Å². The molecule has 0 unspecified atom stereocenters. The molecule has 0 bridgehead atoms. The average Bonchev–Trinajstić information content (AvgIpc) is 2.88. The summed E-state index contributed by atoms with van der Waals surface area (Å²) in [4.78, 5) is 0. The summed E-state index contributed by atoms with van der Waals surface area (Å²) < 4.78 is 27.9. The van der Waals surface area contributed by atoms with Crippen LogP contribution in [0.5, 0.6) is 5.75 Å². The lowest BCUT2D eigenvalue weighted by Gasteiger charge is -2.09. The van der Waals surface area contributed by atoms with Crippen LogP contribution in [0, 0.1) is 0 Å². The zero-order valence-corrected chi connectivity index (χ0v) is 23.0. The minimum absolute atomic E-state index is 0.549. The Balaban J connectivity index is 1.81. The van der Waals surface area contributed by atoms with E-state index in [4.69, 9.17) is 35.3 Å². The van der Waals surface area contributed by atoms with Crippen molar-refractivity contribution in [1.82, 2.24) is 0 Å². The van der Waals surface area contributed by atoms with Gasteiger partial charge in [-0.25, -0.2) is 0 Å². The minimum atomic E-state index is 0.549. The van der Waals surface area contributed by atoms with Crippen LogP contribution < -0.4 is 4.74 Å². The van der Waals surface area contributed by atoms with E-state index in [2.05, 4.69) is 31.2 Å². The Morgan fingerprint density at radius 1 is 0.514 bits per heavy atom. The van der Waals surface area contributed by atoms with Gasteiger partial charge >= 0.3 is 0 Å². The fourth-order valence-electron chi connectivity index (χ4n) is 3.67. The molecular formula is C29H51ClO5. The first-order chi connectivity index (χ1) is 17.4. The number of ether oxygens (including phenoxy) is 5. The molecule has 5 nitrogen and oxygen atoms in total. The highest BCUT2D eigenvalue weighted by Gasteiger charge is 1.98. The summed E-state index contributed by atoms with van der Waals surface area (Å²) >= 11 is 5.65. The van der Waals surface area contributed by atoms with Crippen molar-refractivity contribution in [2.75, 3.05) is 65.3 Å². The maximum Gasteiger partial charge on any atom is 0.119 e. The zero-order valence-electron chi connectivity index (χ0n) is 22.3. The van der Waals surface area contributed by atoms with Crippen LogP contribution in [-0.4, -0.2) is 65.3 Å². The molecule has 0 fully saturated rings. The molecule has 0 atom stereocenters. The van der Waals surface area contributed by atoms with Crippen molar-refractivity contribution in [2.24, 2.45) is 0 Å². The smallest absolute Gasteiger partial charge is 0.119 e. The van der Waals surface area contributed by atoms with Crippen LogP contribution in [0.3, 0.4) is 0 Å². The van der Waals surface area contributed by atoms with Crippen molar-refractivity contribution in [1.29, 1.82) is 0 Å². The number of rotatable bonds is 27. The highest BCUT2D eigenvalue weighted by atomic mass is 35.5. The lowest BCUT2D eigenvalue weighted by molar-refractivity contribution is -0.00486. The number of aryl methyl sites for hydroxylation is 1. The van der Waals surface area contributed by atoms with Crippen molar-refractivity contribution >= 4 is 11.6 Å². The van der Waals surface area contributed by atoms with Gasteiger partial charge in [-0.2, -0.15) is 0 Å². The average molecular weight is 515 g/mol. The van der Waals surface area contributed by atoms with E-state index in [1.807, 2.05) is 0 Å². The minimum Gasteiger partial charge on any atom is -0.491 e. The summed E-state index contributed by atoms with van der Waals surface area (Å²) in [7, 11) is 0. The largest absolute Gasteiger partial charge is 0.491 e. The van der Waals surface area contributed by atoms with Gasteiger partial charge in [0.05, 0.1) is 46.2 Å². The summed E-state index contributed by atoms with van der Waals surface area (Å²) in [6.45, 7) is 7.70. The second-order valence-corrected chi connectivity index (χ2v) is 9.29. The fourth-order valence-corrected chi connectivity index (χ4v) is 3.86. The topological polar surface area (TPSA) is 46.2 Å². The van der Waals surface area contributed by atoms with Crippen molar-refractivity contribution in [3.05, 3.63) is 29.8 Å². The Bertz CT molecular complexity index is 540. The highest BCUT2D eigenvalue weighted by Crippen LogP contribution is 2.15. The first-order valence-corrected chi connectivity index (χ1v) is 14.5. The summed E-state index contributed by atoms with van der Waals surface area (Å²) in [6, 6.07) is 8.49.